The van der Waals surface area contributed by atoms with Gasteiger partial charge in [0.1, 0.15) is 28.0 Å². The molecule has 3 rings (SSSR count). The monoisotopic (exact) mass is 487 g/mol. The fourth-order valence-electron chi connectivity index (χ4n) is 3.29. The smallest absolute Gasteiger partial charge is 0.339 e. The summed E-state index contributed by atoms with van der Waals surface area (Å²) >= 11 is 0. The highest BCUT2D eigenvalue weighted by Crippen LogP contribution is 2.28. The molecule has 0 aliphatic heterocycles. The van der Waals surface area contributed by atoms with E-state index in [2.05, 4.69) is 0 Å². The lowest BCUT2D eigenvalue weighted by molar-refractivity contribution is 0.0686. The summed E-state index contributed by atoms with van der Waals surface area (Å²) in [5.74, 6) is 0.238. The molecule has 180 valence electrons. The first-order chi connectivity index (χ1) is 16.1. The van der Waals surface area contributed by atoms with Crippen LogP contribution in [-0.4, -0.2) is 39.5 Å². The van der Waals surface area contributed by atoms with Crippen molar-refractivity contribution >= 4 is 16.0 Å². The van der Waals surface area contributed by atoms with Crippen molar-refractivity contribution in [2.45, 2.75) is 31.3 Å². The van der Waals surface area contributed by atoms with Gasteiger partial charge in [0.2, 0.25) is 0 Å². The molecule has 1 amide bonds. The van der Waals surface area contributed by atoms with Gasteiger partial charge in [-0.15, -0.1) is 0 Å². The van der Waals surface area contributed by atoms with Crippen LogP contribution in [-0.2, 0) is 16.7 Å². The number of methoxy groups -OCH3 is 2. The van der Waals surface area contributed by atoms with Crippen molar-refractivity contribution < 1.29 is 31.3 Å². The van der Waals surface area contributed by atoms with Crippen LogP contribution in [0.5, 0.6) is 17.2 Å². The molecular formula is C25H26FNO6S. The number of ether oxygens (including phenoxy) is 2. The fourth-order valence-corrected chi connectivity index (χ4v) is 4.21. The van der Waals surface area contributed by atoms with Gasteiger partial charge in [-0.3, -0.25) is 4.79 Å². The molecule has 3 aromatic carbocycles. The van der Waals surface area contributed by atoms with Gasteiger partial charge in [-0.05, 0) is 67.9 Å². The lowest BCUT2D eigenvalue weighted by Crippen LogP contribution is -2.36. The molecule has 0 spiro atoms. The molecule has 0 N–H and O–H groups in total. The number of carbonyl (C=O) groups is 1. The summed E-state index contributed by atoms with van der Waals surface area (Å²) < 4.78 is 54.0. The van der Waals surface area contributed by atoms with E-state index in [0.29, 0.717) is 22.6 Å². The van der Waals surface area contributed by atoms with E-state index in [9.17, 15) is 17.6 Å². The molecule has 0 fully saturated rings. The maximum atomic E-state index is 13.3. The van der Waals surface area contributed by atoms with Crippen LogP contribution in [0.15, 0.2) is 71.6 Å². The van der Waals surface area contributed by atoms with E-state index in [1.54, 1.807) is 41.3 Å². The SMILES string of the molecule is COc1ccc(C(=O)N(Cc2cccc(OS(=O)(=O)c3ccc(F)cc3)c2)C(C)C)c(OC)c1. The third-order valence-electron chi connectivity index (χ3n) is 5.08. The number of halogens is 1. The van der Waals surface area contributed by atoms with Gasteiger partial charge in [-0.25, -0.2) is 4.39 Å². The number of nitrogens with zero attached hydrogens (tertiary/aromatic N) is 1. The molecule has 0 radical (unpaired) electrons. The van der Waals surface area contributed by atoms with Crippen molar-refractivity contribution in [3.8, 4) is 17.2 Å². The van der Waals surface area contributed by atoms with Crippen molar-refractivity contribution in [3.63, 3.8) is 0 Å². The van der Waals surface area contributed by atoms with Crippen LogP contribution in [0.1, 0.15) is 29.8 Å². The summed E-state index contributed by atoms with van der Waals surface area (Å²) in [6.45, 7) is 3.97. The molecule has 0 aliphatic carbocycles. The average Bonchev–Trinajstić information content (AvgIpc) is 2.81. The van der Waals surface area contributed by atoms with Gasteiger partial charge in [0.25, 0.3) is 5.91 Å². The van der Waals surface area contributed by atoms with E-state index >= 15 is 0 Å². The molecule has 0 atom stereocenters. The van der Waals surface area contributed by atoms with Crippen molar-refractivity contribution in [1.82, 2.24) is 4.90 Å². The topological polar surface area (TPSA) is 82.1 Å². The number of carbonyl (C=O) groups excluding carboxylic acids is 1. The van der Waals surface area contributed by atoms with E-state index in [1.165, 1.54) is 20.3 Å². The molecule has 0 aromatic heterocycles. The molecule has 9 heteroatoms. The number of amides is 1. The minimum absolute atomic E-state index is 0.0833. The Hall–Kier alpha value is -3.59. The molecule has 0 aliphatic rings. The number of benzene rings is 3. The number of rotatable bonds is 9. The predicted octanol–water partition coefficient (Wildman–Crippen LogP) is 4.66. The minimum Gasteiger partial charge on any atom is -0.497 e. The molecular weight excluding hydrogens is 461 g/mol. The van der Waals surface area contributed by atoms with Crippen LogP contribution in [0.4, 0.5) is 4.39 Å². The Bertz CT molecular complexity index is 1260. The maximum Gasteiger partial charge on any atom is 0.339 e. The van der Waals surface area contributed by atoms with Gasteiger partial charge < -0.3 is 18.6 Å². The molecule has 34 heavy (non-hydrogen) atoms. The third-order valence-corrected chi connectivity index (χ3v) is 6.34. The highest BCUT2D eigenvalue weighted by atomic mass is 32.2. The summed E-state index contributed by atoms with van der Waals surface area (Å²) in [5.41, 5.74) is 1.05. The van der Waals surface area contributed by atoms with E-state index in [1.807, 2.05) is 13.8 Å². The number of hydrogen-bond donors (Lipinski definition) is 0. The van der Waals surface area contributed by atoms with Crippen LogP contribution >= 0.6 is 0 Å². The van der Waals surface area contributed by atoms with E-state index in [-0.39, 0.29) is 29.1 Å². The molecule has 0 unspecified atom stereocenters. The second kappa shape index (κ2) is 10.6. The van der Waals surface area contributed by atoms with Gasteiger partial charge in [-0.2, -0.15) is 8.42 Å². The Labute approximate surface area is 198 Å². The van der Waals surface area contributed by atoms with Crippen LogP contribution in [0.25, 0.3) is 0 Å². The van der Waals surface area contributed by atoms with Crippen molar-refractivity contribution in [2.75, 3.05) is 14.2 Å². The van der Waals surface area contributed by atoms with E-state index in [0.717, 1.165) is 24.3 Å². The van der Waals surface area contributed by atoms with Crippen molar-refractivity contribution in [1.29, 1.82) is 0 Å². The third kappa shape index (κ3) is 5.85. The molecule has 0 bridgehead atoms. The summed E-state index contributed by atoms with van der Waals surface area (Å²) in [4.78, 5) is 14.8. The van der Waals surface area contributed by atoms with Gasteiger partial charge in [0, 0.05) is 18.7 Å². The maximum absolute atomic E-state index is 13.3. The normalized spacial score (nSPS) is 11.2. The Morgan fingerprint density at radius 2 is 1.65 bits per heavy atom. The quantitative estimate of drug-likeness (QED) is 0.408. The molecule has 3 aromatic rings. The fraction of sp³-hybridized carbons (Fsp3) is 0.240. The zero-order chi connectivity index (χ0) is 24.9. The van der Waals surface area contributed by atoms with Crippen molar-refractivity contribution in [3.05, 3.63) is 83.7 Å². The largest absolute Gasteiger partial charge is 0.497 e. The van der Waals surface area contributed by atoms with Crippen molar-refractivity contribution in [2.24, 2.45) is 0 Å². The minimum atomic E-state index is -4.14. The first-order valence-corrected chi connectivity index (χ1v) is 11.9. The van der Waals surface area contributed by atoms with Crippen LogP contribution < -0.4 is 13.7 Å². The zero-order valence-corrected chi connectivity index (χ0v) is 20.1. The number of hydrogen-bond acceptors (Lipinski definition) is 6. The van der Waals surface area contributed by atoms with Gasteiger partial charge in [0.05, 0.1) is 19.8 Å². The van der Waals surface area contributed by atoms with Crippen LogP contribution in [0.3, 0.4) is 0 Å². The Morgan fingerprint density at radius 3 is 2.26 bits per heavy atom. The van der Waals surface area contributed by atoms with Gasteiger partial charge in [-0.1, -0.05) is 12.1 Å². The Kier molecular flexibility index (Phi) is 7.78. The Morgan fingerprint density at radius 1 is 0.941 bits per heavy atom. The Balaban J connectivity index is 1.84. The van der Waals surface area contributed by atoms with Crippen LogP contribution in [0, 0.1) is 5.82 Å². The molecule has 0 saturated carbocycles. The first-order valence-electron chi connectivity index (χ1n) is 10.5. The summed E-state index contributed by atoms with van der Waals surface area (Å²) in [6, 6.07) is 15.6. The standard InChI is InChI=1S/C25H26FNO6S/c1-17(2)27(25(28)23-13-10-20(31-3)15-24(23)32-4)16-18-6-5-7-21(14-18)33-34(29,30)22-11-8-19(26)9-12-22/h5-15,17H,16H2,1-4H3. The highest BCUT2D eigenvalue weighted by Gasteiger charge is 2.23. The lowest BCUT2D eigenvalue weighted by Gasteiger charge is -2.28. The second-order valence-corrected chi connectivity index (χ2v) is 9.28. The summed E-state index contributed by atoms with van der Waals surface area (Å²) in [6.07, 6.45) is 0. The summed E-state index contributed by atoms with van der Waals surface area (Å²) in [5, 5.41) is 0. The first kappa shape index (κ1) is 25.0. The van der Waals surface area contributed by atoms with E-state index < -0.39 is 15.9 Å². The highest BCUT2D eigenvalue weighted by molar-refractivity contribution is 7.87. The summed E-state index contributed by atoms with van der Waals surface area (Å²) in [7, 11) is -1.13. The predicted molar refractivity (Wildman–Crippen MR) is 125 cm³/mol. The van der Waals surface area contributed by atoms with E-state index in [4.69, 9.17) is 13.7 Å². The van der Waals surface area contributed by atoms with Gasteiger partial charge >= 0.3 is 10.1 Å². The average molecular weight is 488 g/mol. The molecule has 0 saturated heterocycles. The van der Waals surface area contributed by atoms with Crippen LogP contribution in [0.2, 0.25) is 0 Å². The second-order valence-electron chi connectivity index (χ2n) is 7.73. The van der Waals surface area contributed by atoms with Gasteiger partial charge in [0.15, 0.2) is 0 Å². The molecule has 7 nitrogen and oxygen atoms in total. The zero-order valence-electron chi connectivity index (χ0n) is 19.3. The molecule has 0 heterocycles. The lowest BCUT2D eigenvalue weighted by atomic mass is 10.1.